The van der Waals surface area contributed by atoms with Crippen LogP contribution in [0.1, 0.15) is 13.3 Å². The second-order valence-corrected chi connectivity index (χ2v) is 4.41. The molecule has 6 heteroatoms. The van der Waals surface area contributed by atoms with Crippen molar-refractivity contribution in [2.75, 3.05) is 19.6 Å². The standard InChI is InChI=1S/C10H16F3N3/c1-7-5-16(3-2-9(7)15)6-8(4-14)10(11,12)13/h7-9H,2-3,5-6,15H2,1H3. The molecule has 0 saturated carbocycles. The summed E-state index contributed by atoms with van der Waals surface area (Å²) in [6.45, 7) is 2.76. The van der Waals surface area contributed by atoms with E-state index in [-0.39, 0.29) is 18.5 Å². The highest BCUT2D eigenvalue weighted by atomic mass is 19.4. The van der Waals surface area contributed by atoms with Gasteiger partial charge in [-0.1, -0.05) is 6.92 Å². The van der Waals surface area contributed by atoms with Crippen LogP contribution in [0, 0.1) is 23.2 Å². The number of likely N-dealkylation sites (tertiary alicyclic amines) is 1. The summed E-state index contributed by atoms with van der Waals surface area (Å²) in [4.78, 5) is 1.68. The highest BCUT2D eigenvalue weighted by Crippen LogP contribution is 2.27. The Morgan fingerprint density at radius 1 is 1.56 bits per heavy atom. The molecular formula is C10H16F3N3. The number of nitriles is 1. The predicted molar refractivity (Wildman–Crippen MR) is 53.4 cm³/mol. The summed E-state index contributed by atoms with van der Waals surface area (Å²) in [5.41, 5.74) is 5.78. The van der Waals surface area contributed by atoms with Crippen molar-refractivity contribution in [2.45, 2.75) is 25.6 Å². The Balaban J connectivity index is 2.52. The van der Waals surface area contributed by atoms with Crippen molar-refractivity contribution in [3.05, 3.63) is 0 Å². The zero-order chi connectivity index (χ0) is 12.3. The third kappa shape index (κ3) is 3.35. The van der Waals surface area contributed by atoms with Gasteiger partial charge in [0.1, 0.15) is 0 Å². The van der Waals surface area contributed by atoms with Gasteiger partial charge in [-0.25, -0.2) is 0 Å². The van der Waals surface area contributed by atoms with Crippen molar-refractivity contribution in [2.24, 2.45) is 17.6 Å². The number of hydrogen-bond acceptors (Lipinski definition) is 3. The van der Waals surface area contributed by atoms with Gasteiger partial charge in [0.15, 0.2) is 5.92 Å². The van der Waals surface area contributed by atoms with Crippen LogP contribution in [0.15, 0.2) is 0 Å². The molecule has 92 valence electrons. The van der Waals surface area contributed by atoms with E-state index in [1.165, 1.54) is 6.07 Å². The van der Waals surface area contributed by atoms with E-state index < -0.39 is 12.1 Å². The molecule has 0 spiro atoms. The Morgan fingerprint density at radius 3 is 2.62 bits per heavy atom. The lowest BCUT2D eigenvalue weighted by atomic mass is 9.94. The molecule has 1 heterocycles. The van der Waals surface area contributed by atoms with E-state index in [4.69, 9.17) is 11.0 Å². The average molecular weight is 235 g/mol. The van der Waals surface area contributed by atoms with E-state index in [1.807, 2.05) is 6.92 Å². The molecule has 3 nitrogen and oxygen atoms in total. The second-order valence-electron chi connectivity index (χ2n) is 4.41. The second kappa shape index (κ2) is 5.02. The van der Waals surface area contributed by atoms with E-state index in [2.05, 4.69) is 0 Å². The molecule has 0 bridgehead atoms. The number of hydrogen-bond donors (Lipinski definition) is 1. The first kappa shape index (κ1) is 13.3. The van der Waals surface area contributed by atoms with Gasteiger partial charge >= 0.3 is 6.18 Å². The van der Waals surface area contributed by atoms with Gasteiger partial charge in [-0.05, 0) is 18.9 Å². The van der Waals surface area contributed by atoms with Crippen LogP contribution in [0.3, 0.4) is 0 Å². The molecule has 1 rings (SSSR count). The fourth-order valence-electron chi connectivity index (χ4n) is 1.89. The van der Waals surface area contributed by atoms with Crippen LogP contribution >= 0.6 is 0 Å². The number of halogens is 3. The van der Waals surface area contributed by atoms with Crippen molar-refractivity contribution in [3.8, 4) is 6.07 Å². The molecule has 1 aliphatic heterocycles. The van der Waals surface area contributed by atoms with Gasteiger partial charge in [-0.15, -0.1) is 0 Å². The van der Waals surface area contributed by atoms with Crippen LogP contribution < -0.4 is 5.73 Å². The topological polar surface area (TPSA) is 53.0 Å². The molecule has 3 unspecified atom stereocenters. The van der Waals surface area contributed by atoms with E-state index in [1.54, 1.807) is 4.90 Å². The molecule has 2 N–H and O–H groups in total. The lowest BCUT2D eigenvalue weighted by molar-refractivity contribution is -0.164. The summed E-state index contributed by atoms with van der Waals surface area (Å²) >= 11 is 0. The predicted octanol–water partition coefficient (Wildman–Crippen LogP) is 1.36. The Hall–Kier alpha value is -0.800. The Bertz CT molecular complexity index is 271. The minimum absolute atomic E-state index is 0.0580. The Kier molecular flexibility index (Phi) is 4.16. The maximum absolute atomic E-state index is 12.4. The molecule has 0 aromatic carbocycles. The minimum atomic E-state index is -4.43. The lowest BCUT2D eigenvalue weighted by Crippen LogP contribution is -2.48. The molecular weight excluding hydrogens is 219 g/mol. The minimum Gasteiger partial charge on any atom is -0.327 e. The third-order valence-electron chi connectivity index (χ3n) is 3.05. The first-order valence-electron chi connectivity index (χ1n) is 5.29. The molecule has 1 fully saturated rings. The highest BCUT2D eigenvalue weighted by molar-refractivity contribution is 4.92. The van der Waals surface area contributed by atoms with E-state index in [0.29, 0.717) is 19.5 Å². The van der Waals surface area contributed by atoms with Crippen molar-refractivity contribution in [3.63, 3.8) is 0 Å². The lowest BCUT2D eigenvalue weighted by Gasteiger charge is -2.36. The summed E-state index contributed by atoms with van der Waals surface area (Å²) in [5, 5.41) is 8.49. The molecule has 3 atom stereocenters. The number of nitrogens with two attached hydrogens (primary N) is 1. The molecule has 0 aromatic rings. The summed E-state index contributed by atoms with van der Waals surface area (Å²) in [6.07, 6.45) is -3.74. The summed E-state index contributed by atoms with van der Waals surface area (Å²) in [6, 6.07) is 1.38. The van der Waals surface area contributed by atoms with Gasteiger partial charge in [0.25, 0.3) is 0 Å². The van der Waals surface area contributed by atoms with Crippen LogP contribution in [-0.4, -0.2) is 36.8 Å². The van der Waals surface area contributed by atoms with Gasteiger partial charge in [-0.3, -0.25) is 0 Å². The van der Waals surface area contributed by atoms with Crippen molar-refractivity contribution >= 4 is 0 Å². The average Bonchev–Trinajstić information content (AvgIpc) is 2.18. The Labute approximate surface area is 93.0 Å². The molecule has 1 aliphatic rings. The molecule has 0 aliphatic carbocycles. The number of rotatable bonds is 2. The van der Waals surface area contributed by atoms with Gasteiger partial charge in [-0.2, -0.15) is 18.4 Å². The molecule has 0 amide bonds. The molecule has 0 radical (unpaired) electrons. The van der Waals surface area contributed by atoms with Gasteiger partial charge in [0.05, 0.1) is 6.07 Å². The first-order valence-corrected chi connectivity index (χ1v) is 5.29. The fourth-order valence-corrected chi connectivity index (χ4v) is 1.89. The zero-order valence-corrected chi connectivity index (χ0v) is 9.17. The van der Waals surface area contributed by atoms with Crippen LogP contribution in [-0.2, 0) is 0 Å². The summed E-state index contributed by atoms with van der Waals surface area (Å²) in [5.74, 6) is -1.71. The smallest absolute Gasteiger partial charge is 0.327 e. The van der Waals surface area contributed by atoms with Gasteiger partial charge in [0.2, 0.25) is 0 Å². The molecule has 16 heavy (non-hydrogen) atoms. The maximum Gasteiger partial charge on any atom is 0.405 e. The maximum atomic E-state index is 12.4. The van der Waals surface area contributed by atoms with Crippen LogP contribution in [0.5, 0.6) is 0 Å². The quantitative estimate of drug-likeness (QED) is 0.786. The van der Waals surface area contributed by atoms with E-state index in [0.717, 1.165) is 0 Å². The number of alkyl halides is 3. The van der Waals surface area contributed by atoms with Gasteiger partial charge < -0.3 is 10.6 Å². The normalized spacial score (nSPS) is 29.8. The fraction of sp³-hybridized carbons (Fsp3) is 0.900. The zero-order valence-electron chi connectivity index (χ0n) is 9.17. The van der Waals surface area contributed by atoms with Gasteiger partial charge in [0, 0.05) is 19.1 Å². The third-order valence-corrected chi connectivity index (χ3v) is 3.05. The first-order chi connectivity index (χ1) is 7.34. The Morgan fingerprint density at radius 2 is 2.19 bits per heavy atom. The van der Waals surface area contributed by atoms with E-state index >= 15 is 0 Å². The van der Waals surface area contributed by atoms with Crippen LogP contribution in [0.25, 0.3) is 0 Å². The molecule has 1 saturated heterocycles. The largest absolute Gasteiger partial charge is 0.405 e. The van der Waals surface area contributed by atoms with Crippen LogP contribution in [0.4, 0.5) is 13.2 Å². The summed E-state index contributed by atoms with van der Waals surface area (Å²) in [7, 11) is 0. The molecule has 0 aromatic heterocycles. The van der Waals surface area contributed by atoms with Crippen molar-refractivity contribution in [1.29, 1.82) is 5.26 Å². The van der Waals surface area contributed by atoms with E-state index in [9.17, 15) is 13.2 Å². The number of nitrogens with zero attached hydrogens (tertiary/aromatic N) is 2. The monoisotopic (exact) mass is 235 g/mol. The van der Waals surface area contributed by atoms with Crippen molar-refractivity contribution < 1.29 is 13.2 Å². The van der Waals surface area contributed by atoms with Crippen LogP contribution in [0.2, 0.25) is 0 Å². The summed E-state index contributed by atoms with van der Waals surface area (Å²) < 4.78 is 37.1. The number of piperidine rings is 1. The van der Waals surface area contributed by atoms with Crippen molar-refractivity contribution in [1.82, 2.24) is 4.90 Å². The highest BCUT2D eigenvalue weighted by Gasteiger charge is 2.41. The SMILES string of the molecule is CC1CN(CC(C#N)C(F)(F)F)CCC1N.